The first-order valence-corrected chi connectivity index (χ1v) is 5.66. The van der Waals surface area contributed by atoms with E-state index in [0.29, 0.717) is 10.8 Å². The van der Waals surface area contributed by atoms with Gasteiger partial charge in [0, 0.05) is 20.2 Å². The van der Waals surface area contributed by atoms with Crippen LogP contribution >= 0.6 is 11.6 Å². The van der Waals surface area contributed by atoms with Crippen LogP contribution in [0, 0.1) is 0 Å². The average Bonchev–Trinajstić information content (AvgIpc) is 2.34. The highest BCUT2D eigenvalue weighted by Gasteiger charge is 2.04. The maximum Gasteiger partial charge on any atom is 0.269 e. The van der Waals surface area contributed by atoms with Crippen LogP contribution < -0.4 is 10.5 Å². The molecule has 18 heavy (non-hydrogen) atoms. The molecule has 0 atom stereocenters. The summed E-state index contributed by atoms with van der Waals surface area (Å²) in [5.74, 6) is 0. The van der Waals surface area contributed by atoms with Crippen LogP contribution in [-0.4, -0.2) is 34.1 Å². The van der Waals surface area contributed by atoms with Crippen LogP contribution in [0.1, 0.15) is 5.69 Å². The van der Waals surface area contributed by atoms with Crippen molar-refractivity contribution in [3.8, 4) is 0 Å². The van der Waals surface area contributed by atoms with Crippen LogP contribution in [0.15, 0.2) is 29.2 Å². The minimum absolute atomic E-state index is 0.182. The molecule has 0 aliphatic rings. The predicted molar refractivity (Wildman–Crippen MR) is 69.0 cm³/mol. The molecular formula is C11H12ClN5O. The van der Waals surface area contributed by atoms with E-state index < -0.39 is 0 Å². The van der Waals surface area contributed by atoms with E-state index >= 15 is 0 Å². The highest BCUT2D eigenvalue weighted by atomic mass is 35.5. The zero-order chi connectivity index (χ0) is 13.1. The van der Waals surface area contributed by atoms with Gasteiger partial charge in [0.15, 0.2) is 5.15 Å². The molecule has 2 rings (SSSR count). The molecule has 0 aliphatic heterocycles. The second-order valence-corrected chi connectivity index (χ2v) is 4.34. The lowest BCUT2D eigenvalue weighted by molar-refractivity contribution is 0.620. The summed E-state index contributed by atoms with van der Waals surface area (Å²) in [6.07, 6.45) is 1.63. The lowest BCUT2D eigenvalue weighted by Gasteiger charge is -2.12. The summed E-state index contributed by atoms with van der Waals surface area (Å²) < 4.78 is 1.32. The van der Waals surface area contributed by atoms with Gasteiger partial charge in [-0.3, -0.25) is 4.79 Å². The van der Waals surface area contributed by atoms with Gasteiger partial charge in [0.25, 0.3) is 5.56 Å². The molecule has 0 aliphatic carbocycles. The van der Waals surface area contributed by atoms with Crippen molar-refractivity contribution in [2.45, 2.75) is 6.54 Å². The molecule has 0 saturated heterocycles. The Kier molecular flexibility index (Phi) is 3.57. The van der Waals surface area contributed by atoms with Crippen LogP contribution in [0.3, 0.4) is 0 Å². The van der Waals surface area contributed by atoms with Crippen molar-refractivity contribution in [3.63, 3.8) is 0 Å². The quantitative estimate of drug-likeness (QED) is 0.821. The molecule has 0 amide bonds. The van der Waals surface area contributed by atoms with E-state index in [1.807, 2.05) is 19.0 Å². The maximum atomic E-state index is 11.8. The Morgan fingerprint density at radius 1 is 1.33 bits per heavy atom. The number of halogens is 1. The van der Waals surface area contributed by atoms with E-state index in [4.69, 9.17) is 11.6 Å². The van der Waals surface area contributed by atoms with Gasteiger partial charge in [-0.15, -0.1) is 5.10 Å². The maximum absolute atomic E-state index is 11.8. The number of aromatic nitrogens is 4. The Hall–Kier alpha value is -1.95. The van der Waals surface area contributed by atoms with Crippen LogP contribution in [0.2, 0.25) is 5.15 Å². The van der Waals surface area contributed by atoms with Gasteiger partial charge in [0.05, 0.1) is 24.1 Å². The van der Waals surface area contributed by atoms with E-state index in [9.17, 15) is 4.79 Å². The van der Waals surface area contributed by atoms with Crippen molar-refractivity contribution in [2.75, 3.05) is 19.0 Å². The second-order valence-electron chi connectivity index (χ2n) is 3.95. The van der Waals surface area contributed by atoms with Gasteiger partial charge in [0.1, 0.15) is 0 Å². The van der Waals surface area contributed by atoms with Crippen LogP contribution in [0.4, 0.5) is 5.69 Å². The molecule has 0 spiro atoms. The van der Waals surface area contributed by atoms with Crippen molar-refractivity contribution in [2.24, 2.45) is 0 Å². The summed E-state index contributed by atoms with van der Waals surface area (Å²) in [6, 6.07) is 4.86. The number of hydrogen-bond donors (Lipinski definition) is 0. The molecule has 0 bridgehead atoms. The van der Waals surface area contributed by atoms with E-state index in [1.54, 1.807) is 18.3 Å². The Bertz CT molecular complexity index is 593. The summed E-state index contributed by atoms with van der Waals surface area (Å²) in [6.45, 7) is 0.275. The van der Waals surface area contributed by atoms with Gasteiger partial charge in [0.2, 0.25) is 0 Å². The van der Waals surface area contributed by atoms with Gasteiger partial charge >= 0.3 is 0 Å². The van der Waals surface area contributed by atoms with Crippen molar-refractivity contribution in [1.82, 2.24) is 20.0 Å². The number of hydrogen-bond acceptors (Lipinski definition) is 5. The molecule has 0 N–H and O–H groups in total. The smallest absolute Gasteiger partial charge is 0.269 e. The van der Waals surface area contributed by atoms with Gasteiger partial charge in [-0.2, -0.15) is 10.2 Å². The molecule has 7 heteroatoms. The number of anilines is 1. The Balaban J connectivity index is 2.25. The van der Waals surface area contributed by atoms with E-state index in [0.717, 1.165) is 5.69 Å². The fraction of sp³-hybridized carbons (Fsp3) is 0.273. The Morgan fingerprint density at radius 2 is 2.11 bits per heavy atom. The van der Waals surface area contributed by atoms with Crippen LogP contribution in [0.5, 0.6) is 0 Å². The first kappa shape index (κ1) is 12.5. The predicted octanol–water partition coefficient (Wildman–Crippen LogP) is 0.801. The summed E-state index contributed by atoms with van der Waals surface area (Å²) in [4.78, 5) is 13.6. The van der Waals surface area contributed by atoms with Gasteiger partial charge in [-0.25, -0.2) is 4.68 Å². The zero-order valence-corrected chi connectivity index (χ0v) is 10.8. The molecule has 0 aromatic carbocycles. The Morgan fingerprint density at radius 3 is 2.67 bits per heavy atom. The van der Waals surface area contributed by atoms with Crippen molar-refractivity contribution < 1.29 is 0 Å². The molecule has 2 heterocycles. The lowest BCUT2D eigenvalue weighted by atomic mass is 10.4. The van der Waals surface area contributed by atoms with Crippen molar-refractivity contribution in [1.29, 1.82) is 0 Å². The SMILES string of the molecule is CN(C)c1cnn(Cc2ccc(Cl)nn2)c(=O)c1. The number of nitrogens with zero attached hydrogens (tertiary/aromatic N) is 5. The topological polar surface area (TPSA) is 63.9 Å². The van der Waals surface area contributed by atoms with Gasteiger partial charge in [-0.05, 0) is 12.1 Å². The second kappa shape index (κ2) is 5.14. The molecule has 0 fully saturated rings. The average molecular weight is 266 g/mol. The molecule has 94 valence electrons. The first-order chi connectivity index (χ1) is 8.56. The lowest BCUT2D eigenvalue weighted by Crippen LogP contribution is -2.25. The van der Waals surface area contributed by atoms with E-state index in [1.165, 1.54) is 10.7 Å². The molecule has 0 radical (unpaired) electrons. The normalized spacial score (nSPS) is 10.4. The van der Waals surface area contributed by atoms with E-state index in [2.05, 4.69) is 15.3 Å². The summed E-state index contributed by atoms with van der Waals surface area (Å²) in [5, 5.41) is 12.0. The molecule has 2 aromatic rings. The third-order valence-electron chi connectivity index (χ3n) is 2.37. The van der Waals surface area contributed by atoms with Crippen LogP contribution in [0.25, 0.3) is 0 Å². The molecule has 0 saturated carbocycles. The highest BCUT2D eigenvalue weighted by Crippen LogP contribution is 2.05. The third-order valence-corrected chi connectivity index (χ3v) is 2.57. The molecule has 0 unspecified atom stereocenters. The molecular weight excluding hydrogens is 254 g/mol. The summed E-state index contributed by atoms with van der Waals surface area (Å²) >= 11 is 5.64. The van der Waals surface area contributed by atoms with Crippen molar-refractivity contribution in [3.05, 3.63) is 45.6 Å². The van der Waals surface area contributed by atoms with Crippen molar-refractivity contribution >= 4 is 17.3 Å². The first-order valence-electron chi connectivity index (χ1n) is 5.29. The third kappa shape index (κ3) is 2.84. The molecule has 2 aromatic heterocycles. The summed E-state index contributed by atoms with van der Waals surface area (Å²) in [7, 11) is 3.71. The highest BCUT2D eigenvalue weighted by molar-refractivity contribution is 6.29. The largest absolute Gasteiger partial charge is 0.376 e. The number of rotatable bonds is 3. The fourth-order valence-corrected chi connectivity index (χ4v) is 1.47. The minimum atomic E-state index is -0.182. The molecule has 6 nitrogen and oxygen atoms in total. The fourth-order valence-electron chi connectivity index (χ4n) is 1.37. The van der Waals surface area contributed by atoms with E-state index in [-0.39, 0.29) is 12.1 Å². The van der Waals surface area contributed by atoms with Gasteiger partial charge < -0.3 is 4.90 Å². The monoisotopic (exact) mass is 265 g/mol. The Labute approximate surface area is 109 Å². The van der Waals surface area contributed by atoms with Gasteiger partial charge in [-0.1, -0.05) is 11.6 Å². The zero-order valence-electron chi connectivity index (χ0n) is 10.0. The standard InChI is InChI=1S/C11H12ClN5O/c1-16(2)9-5-11(18)17(13-6-9)7-8-3-4-10(12)15-14-8/h3-6H,7H2,1-2H3. The summed E-state index contributed by atoms with van der Waals surface area (Å²) in [5.41, 5.74) is 1.21. The minimum Gasteiger partial charge on any atom is -0.376 e. The van der Waals surface area contributed by atoms with Crippen LogP contribution in [-0.2, 0) is 6.54 Å².